The number of aryl methyl sites for hydroxylation is 1. The Kier molecular flexibility index (Phi) is 4.57. The van der Waals surface area contributed by atoms with Gasteiger partial charge in [-0.15, -0.1) is 0 Å². The van der Waals surface area contributed by atoms with Gasteiger partial charge in [-0.2, -0.15) is 5.26 Å². The van der Waals surface area contributed by atoms with Gasteiger partial charge in [0.15, 0.2) is 0 Å². The van der Waals surface area contributed by atoms with Gasteiger partial charge in [0, 0.05) is 5.69 Å². The van der Waals surface area contributed by atoms with Crippen molar-refractivity contribution in [2.24, 2.45) is 0 Å². The molecule has 1 aromatic rings. The van der Waals surface area contributed by atoms with Crippen molar-refractivity contribution in [1.82, 2.24) is 0 Å². The fourth-order valence-corrected chi connectivity index (χ4v) is 1.31. The summed E-state index contributed by atoms with van der Waals surface area (Å²) in [6.45, 7) is 2.57. The maximum absolute atomic E-state index is 8.39. The second-order valence-electron chi connectivity index (χ2n) is 3.31. The Hall–Kier alpha value is -1.49. The highest BCUT2D eigenvalue weighted by Crippen LogP contribution is 2.11. The van der Waals surface area contributed by atoms with Gasteiger partial charge >= 0.3 is 0 Å². The first-order valence-electron chi connectivity index (χ1n) is 5.06. The van der Waals surface area contributed by atoms with Crippen molar-refractivity contribution < 1.29 is 0 Å². The van der Waals surface area contributed by atoms with Crippen LogP contribution in [0.15, 0.2) is 24.3 Å². The molecule has 0 unspecified atom stereocenters. The predicted octanol–water partition coefficient (Wildman–Crippen LogP) is 2.96. The zero-order valence-corrected chi connectivity index (χ0v) is 8.59. The van der Waals surface area contributed by atoms with Crippen LogP contribution in [0.5, 0.6) is 0 Å². The molecule has 0 spiro atoms. The predicted molar refractivity (Wildman–Crippen MR) is 59.2 cm³/mol. The molecule has 74 valence electrons. The molecule has 0 aliphatic carbocycles. The van der Waals surface area contributed by atoms with Gasteiger partial charge < -0.3 is 5.32 Å². The van der Waals surface area contributed by atoms with E-state index in [0.717, 1.165) is 12.1 Å². The summed E-state index contributed by atoms with van der Waals surface area (Å²) < 4.78 is 0. The number of nitrogens with one attached hydrogen (secondary N) is 1. The van der Waals surface area contributed by atoms with E-state index < -0.39 is 0 Å². The van der Waals surface area contributed by atoms with E-state index in [1.165, 1.54) is 18.4 Å². The van der Waals surface area contributed by atoms with Crippen molar-refractivity contribution >= 4 is 5.69 Å². The molecule has 1 aromatic carbocycles. The van der Waals surface area contributed by atoms with E-state index in [1.54, 1.807) is 0 Å². The van der Waals surface area contributed by atoms with Gasteiger partial charge in [0.1, 0.15) is 6.54 Å². The van der Waals surface area contributed by atoms with E-state index in [-0.39, 0.29) is 0 Å². The van der Waals surface area contributed by atoms with E-state index in [1.807, 2.05) is 12.1 Å². The summed E-state index contributed by atoms with van der Waals surface area (Å²) in [5, 5.41) is 11.4. The number of hydrogen-bond acceptors (Lipinski definition) is 2. The largest absolute Gasteiger partial charge is 0.372 e. The highest BCUT2D eigenvalue weighted by atomic mass is 14.9. The number of nitrogens with zero attached hydrogens (tertiary/aromatic N) is 1. The van der Waals surface area contributed by atoms with Crippen LogP contribution in [0.2, 0.25) is 0 Å². The minimum atomic E-state index is 0.369. The Bertz CT molecular complexity index is 295. The summed E-state index contributed by atoms with van der Waals surface area (Å²) >= 11 is 0. The zero-order valence-electron chi connectivity index (χ0n) is 8.59. The van der Waals surface area contributed by atoms with Crippen LogP contribution in [-0.4, -0.2) is 6.54 Å². The van der Waals surface area contributed by atoms with E-state index in [9.17, 15) is 0 Å². The third-order valence-electron chi connectivity index (χ3n) is 2.14. The van der Waals surface area contributed by atoms with Gasteiger partial charge in [-0.05, 0) is 30.5 Å². The molecule has 0 heterocycles. The Morgan fingerprint density at radius 3 is 2.57 bits per heavy atom. The van der Waals surface area contributed by atoms with Gasteiger partial charge in [-0.25, -0.2) is 0 Å². The summed E-state index contributed by atoms with van der Waals surface area (Å²) in [5.74, 6) is 0. The molecule has 0 atom stereocenters. The normalized spacial score (nSPS) is 9.43. The fourth-order valence-electron chi connectivity index (χ4n) is 1.31. The smallest absolute Gasteiger partial charge is 0.103 e. The number of rotatable bonds is 5. The summed E-state index contributed by atoms with van der Waals surface area (Å²) in [6, 6.07) is 10.4. The Morgan fingerprint density at radius 2 is 2.00 bits per heavy atom. The van der Waals surface area contributed by atoms with Gasteiger partial charge in [-0.3, -0.25) is 0 Å². The fraction of sp³-hybridized carbons (Fsp3) is 0.417. The summed E-state index contributed by atoms with van der Waals surface area (Å²) in [7, 11) is 0. The van der Waals surface area contributed by atoms with Gasteiger partial charge in [0.2, 0.25) is 0 Å². The van der Waals surface area contributed by atoms with Crippen LogP contribution in [0.3, 0.4) is 0 Å². The lowest BCUT2D eigenvalue weighted by Gasteiger charge is -2.03. The maximum Gasteiger partial charge on any atom is 0.103 e. The number of nitriles is 1. The molecule has 2 heteroatoms. The number of benzene rings is 1. The monoisotopic (exact) mass is 188 g/mol. The number of anilines is 1. The molecule has 0 saturated carbocycles. The van der Waals surface area contributed by atoms with Crippen molar-refractivity contribution in [3.63, 3.8) is 0 Å². The molecule has 0 saturated heterocycles. The lowest BCUT2D eigenvalue weighted by atomic mass is 10.1. The molecular weight excluding hydrogens is 172 g/mol. The second kappa shape index (κ2) is 6.04. The molecule has 1 N–H and O–H groups in total. The molecule has 0 bridgehead atoms. The van der Waals surface area contributed by atoms with Crippen LogP contribution in [0.25, 0.3) is 0 Å². The third kappa shape index (κ3) is 3.49. The van der Waals surface area contributed by atoms with Crippen LogP contribution >= 0.6 is 0 Å². The first kappa shape index (κ1) is 10.6. The minimum absolute atomic E-state index is 0.369. The molecule has 0 aromatic heterocycles. The molecule has 1 rings (SSSR count). The van der Waals surface area contributed by atoms with Gasteiger partial charge in [0.25, 0.3) is 0 Å². The van der Waals surface area contributed by atoms with E-state index in [2.05, 4.69) is 30.4 Å². The van der Waals surface area contributed by atoms with Crippen LogP contribution in [0.1, 0.15) is 25.3 Å². The number of unbranched alkanes of at least 4 members (excludes halogenated alkanes) is 1. The van der Waals surface area contributed by atoms with Crippen molar-refractivity contribution in [3.05, 3.63) is 29.8 Å². The van der Waals surface area contributed by atoms with Crippen molar-refractivity contribution in [2.75, 3.05) is 11.9 Å². The molecule has 0 aliphatic rings. The second-order valence-corrected chi connectivity index (χ2v) is 3.31. The lowest BCUT2D eigenvalue weighted by molar-refractivity contribution is 0.795. The zero-order chi connectivity index (χ0) is 10.2. The summed E-state index contributed by atoms with van der Waals surface area (Å²) in [5.41, 5.74) is 2.39. The first-order valence-corrected chi connectivity index (χ1v) is 5.06. The van der Waals surface area contributed by atoms with E-state index >= 15 is 0 Å². The van der Waals surface area contributed by atoms with Gasteiger partial charge in [-0.1, -0.05) is 25.5 Å². The van der Waals surface area contributed by atoms with Crippen LogP contribution in [0, 0.1) is 11.3 Å². The molecule has 0 radical (unpaired) electrons. The third-order valence-corrected chi connectivity index (χ3v) is 2.14. The van der Waals surface area contributed by atoms with Crippen molar-refractivity contribution in [2.45, 2.75) is 26.2 Å². The Labute approximate surface area is 85.6 Å². The van der Waals surface area contributed by atoms with Crippen molar-refractivity contribution in [3.8, 4) is 6.07 Å². The van der Waals surface area contributed by atoms with Gasteiger partial charge in [0.05, 0.1) is 6.07 Å². The molecule has 0 aliphatic heterocycles. The average molecular weight is 188 g/mol. The molecule has 0 amide bonds. The molecule has 14 heavy (non-hydrogen) atoms. The van der Waals surface area contributed by atoms with Crippen molar-refractivity contribution in [1.29, 1.82) is 5.26 Å². The quantitative estimate of drug-likeness (QED) is 0.721. The van der Waals surface area contributed by atoms with E-state index in [4.69, 9.17) is 5.26 Å². The molecule has 2 nitrogen and oxygen atoms in total. The Morgan fingerprint density at radius 1 is 1.29 bits per heavy atom. The number of hydrogen-bond donors (Lipinski definition) is 1. The molecular formula is C12H16N2. The first-order chi connectivity index (χ1) is 6.86. The highest BCUT2D eigenvalue weighted by Gasteiger charge is 1.93. The van der Waals surface area contributed by atoms with Crippen LogP contribution < -0.4 is 5.32 Å². The molecule has 0 fully saturated rings. The minimum Gasteiger partial charge on any atom is -0.372 e. The topological polar surface area (TPSA) is 35.8 Å². The highest BCUT2D eigenvalue weighted by molar-refractivity contribution is 5.45. The lowest BCUT2D eigenvalue weighted by Crippen LogP contribution is -1.97. The van der Waals surface area contributed by atoms with E-state index in [0.29, 0.717) is 6.54 Å². The van der Waals surface area contributed by atoms with Crippen LogP contribution in [0.4, 0.5) is 5.69 Å². The average Bonchev–Trinajstić information content (AvgIpc) is 2.25. The SMILES string of the molecule is CCCCc1ccc(NCC#N)cc1. The summed E-state index contributed by atoms with van der Waals surface area (Å²) in [4.78, 5) is 0. The standard InChI is InChI=1S/C12H16N2/c1-2-3-4-11-5-7-12(8-6-11)14-10-9-13/h5-8,14H,2-4,10H2,1H3. The maximum atomic E-state index is 8.39. The van der Waals surface area contributed by atoms with Crippen LogP contribution in [-0.2, 0) is 6.42 Å². The summed E-state index contributed by atoms with van der Waals surface area (Å²) in [6.07, 6.45) is 3.62. The Balaban J connectivity index is 2.47.